The van der Waals surface area contributed by atoms with Crippen molar-refractivity contribution in [2.75, 3.05) is 9.80 Å². The Morgan fingerprint density at radius 3 is 0.936 bits per heavy atom. The lowest BCUT2D eigenvalue weighted by Gasteiger charge is -2.27. The van der Waals surface area contributed by atoms with Crippen LogP contribution in [0, 0.1) is 0 Å². The minimum Gasteiger partial charge on any atom is -0.311 e. The average Bonchev–Trinajstić information content (AvgIpc) is 3.66. The van der Waals surface area contributed by atoms with E-state index in [1.54, 1.807) is 0 Å². The van der Waals surface area contributed by atoms with Crippen molar-refractivity contribution in [1.82, 2.24) is 0 Å². The van der Waals surface area contributed by atoms with Gasteiger partial charge < -0.3 is 9.80 Å². The first-order chi connectivity index (χ1) is 38.6. The zero-order valence-corrected chi connectivity index (χ0v) is 44.9. The molecule has 78 heavy (non-hydrogen) atoms. The van der Waals surface area contributed by atoms with Crippen molar-refractivity contribution in [3.63, 3.8) is 0 Å². The first-order valence-corrected chi connectivity index (χ1v) is 27.1. The van der Waals surface area contributed by atoms with Crippen molar-refractivity contribution in [2.45, 2.75) is 27.7 Å². The third kappa shape index (κ3) is 11.5. The highest BCUT2D eigenvalue weighted by atomic mass is 15.1. The summed E-state index contributed by atoms with van der Waals surface area (Å²) in [6.07, 6.45) is 15.0. The maximum Gasteiger partial charge on any atom is 0.0462 e. The van der Waals surface area contributed by atoms with Crippen molar-refractivity contribution in [3.8, 4) is 44.5 Å². The van der Waals surface area contributed by atoms with E-state index in [1.165, 1.54) is 44.2 Å². The van der Waals surface area contributed by atoms with Crippen LogP contribution in [0.25, 0.3) is 73.5 Å². The summed E-state index contributed by atoms with van der Waals surface area (Å²) < 4.78 is 0. The van der Waals surface area contributed by atoms with Gasteiger partial charge in [0.05, 0.1) is 0 Å². The van der Waals surface area contributed by atoms with Crippen LogP contribution in [0.5, 0.6) is 0 Å². The second kappa shape index (κ2) is 25.2. The fraction of sp³-hybridized carbons (Fsp3) is 0.0526. The second-order valence-electron chi connectivity index (χ2n) is 18.8. The molecule has 0 aliphatic heterocycles. The van der Waals surface area contributed by atoms with Gasteiger partial charge in [-0.1, -0.05) is 257 Å². The van der Waals surface area contributed by atoms with Gasteiger partial charge in [-0.05, 0) is 164 Å². The normalized spacial score (nSPS) is 11.5. The Morgan fingerprint density at radius 2 is 0.564 bits per heavy atom. The number of anilines is 6. The van der Waals surface area contributed by atoms with Crippen molar-refractivity contribution in [2.24, 2.45) is 0 Å². The lowest BCUT2D eigenvalue weighted by Crippen LogP contribution is -2.09. The lowest BCUT2D eigenvalue weighted by atomic mass is 9.79. The predicted octanol–water partition coefficient (Wildman–Crippen LogP) is 22.2. The maximum atomic E-state index is 2.34. The third-order valence-electron chi connectivity index (χ3n) is 13.9. The number of rotatable bonds is 15. The molecule has 0 bridgehead atoms. The Kier molecular flexibility index (Phi) is 16.7. The summed E-state index contributed by atoms with van der Waals surface area (Å²) in [7, 11) is 0. The molecule has 11 rings (SSSR count). The molecule has 0 saturated carbocycles. The molecule has 0 spiro atoms. The minimum absolute atomic E-state index is 1.08. The molecule has 0 radical (unpaired) electrons. The molecule has 0 atom stereocenters. The number of allylic oxidation sites excluding steroid dienone is 5. The molecule has 378 valence electrons. The first-order valence-electron chi connectivity index (χ1n) is 27.1. The molecule has 0 aliphatic rings. The lowest BCUT2D eigenvalue weighted by molar-refractivity contribution is 1.28. The van der Waals surface area contributed by atoms with Gasteiger partial charge in [0.15, 0.2) is 0 Å². The largest absolute Gasteiger partial charge is 0.311 e. The maximum absolute atomic E-state index is 2.34. The highest BCUT2D eigenvalue weighted by Gasteiger charge is 2.25. The Balaban J connectivity index is 0.00000340. The van der Waals surface area contributed by atoms with E-state index in [2.05, 4.69) is 326 Å². The highest BCUT2D eigenvalue weighted by Crippen LogP contribution is 2.51. The Morgan fingerprint density at radius 1 is 0.269 bits per heavy atom. The molecule has 0 N–H and O–H groups in total. The van der Waals surface area contributed by atoms with E-state index in [0.717, 1.165) is 67.5 Å². The van der Waals surface area contributed by atoms with Crippen LogP contribution in [-0.2, 0) is 0 Å². The smallest absolute Gasteiger partial charge is 0.0462 e. The van der Waals surface area contributed by atoms with E-state index in [9.17, 15) is 0 Å². The summed E-state index contributed by atoms with van der Waals surface area (Å²) in [4.78, 5) is 4.68. The van der Waals surface area contributed by atoms with Gasteiger partial charge in [0, 0.05) is 34.1 Å². The van der Waals surface area contributed by atoms with Gasteiger partial charge in [-0.3, -0.25) is 0 Å². The van der Waals surface area contributed by atoms with Gasteiger partial charge in [-0.25, -0.2) is 0 Å². The summed E-state index contributed by atoms with van der Waals surface area (Å²) in [6, 6.07) is 98.6. The fourth-order valence-electron chi connectivity index (χ4n) is 10.3. The van der Waals surface area contributed by atoms with Crippen molar-refractivity contribution in [1.29, 1.82) is 0 Å². The summed E-state index contributed by atoms with van der Waals surface area (Å²) in [5.41, 5.74) is 20.6. The van der Waals surface area contributed by atoms with Gasteiger partial charge >= 0.3 is 0 Å². The predicted molar refractivity (Wildman–Crippen MR) is 339 cm³/mol. The number of hydrogen-bond acceptors (Lipinski definition) is 2. The molecular weight excluding hydrogens is 941 g/mol. The number of hydrogen-bond donors (Lipinski definition) is 0. The third-order valence-corrected chi connectivity index (χ3v) is 13.9. The van der Waals surface area contributed by atoms with Crippen LogP contribution in [0.15, 0.2) is 303 Å². The average molecular weight is 1010 g/mol. The molecule has 0 heterocycles. The quantitative estimate of drug-likeness (QED) is 0.0746. The van der Waals surface area contributed by atoms with Gasteiger partial charge in [-0.15, -0.1) is 0 Å². The van der Waals surface area contributed by atoms with Gasteiger partial charge in [0.25, 0.3) is 0 Å². The van der Waals surface area contributed by atoms with Gasteiger partial charge in [0.2, 0.25) is 0 Å². The van der Waals surface area contributed by atoms with Crippen LogP contribution < -0.4 is 9.80 Å². The number of nitrogens with zero attached hydrogens (tertiary/aromatic N) is 2. The molecule has 2 heteroatoms. The van der Waals surface area contributed by atoms with Crippen molar-refractivity contribution in [3.05, 3.63) is 320 Å². The van der Waals surface area contributed by atoms with Crippen LogP contribution in [0.4, 0.5) is 34.1 Å². The standard InChI is InChI=1S/C74H58N2.C2H6/c1-3-22-55(4-2)35-36-57-39-47-65(48-40-57)75(63-29-16-8-17-30-63)67-51-43-61(44-52-67)71-69-33-20-21-34-70(69)72(74(60-27-14-7-15-28-60)73(71)59-25-12-6-13-26-59)62-45-53-68(54-46-62)76(64-31-18-9-19-32-64)66-49-41-58(42-50-66)38-37-56-23-10-5-11-24-56;1-2/h3-54H,1-2H3;1-2H3/b22-3-,36-35+,38-37+,55-4+;. The van der Waals surface area contributed by atoms with E-state index < -0.39 is 0 Å². The molecule has 0 unspecified atom stereocenters. The van der Waals surface area contributed by atoms with E-state index in [0.29, 0.717) is 0 Å². The van der Waals surface area contributed by atoms with E-state index in [1.807, 2.05) is 26.8 Å². The van der Waals surface area contributed by atoms with E-state index in [-0.39, 0.29) is 0 Å². The van der Waals surface area contributed by atoms with Gasteiger partial charge in [0.1, 0.15) is 0 Å². The molecule has 2 nitrogen and oxygen atoms in total. The zero-order valence-electron chi connectivity index (χ0n) is 44.9. The number of para-hydroxylation sites is 2. The summed E-state index contributed by atoms with van der Waals surface area (Å²) >= 11 is 0. The monoisotopic (exact) mass is 1000 g/mol. The fourth-order valence-corrected chi connectivity index (χ4v) is 10.3. The molecule has 0 aromatic heterocycles. The van der Waals surface area contributed by atoms with Crippen LogP contribution in [0.2, 0.25) is 0 Å². The van der Waals surface area contributed by atoms with Crippen LogP contribution in [-0.4, -0.2) is 0 Å². The molecule has 11 aromatic carbocycles. The van der Waals surface area contributed by atoms with Crippen LogP contribution >= 0.6 is 0 Å². The summed E-state index contributed by atoms with van der Waals surface area (Å²) in [5, 5.41) is 2.39. The molecule has 0 fully saturated rings. The van der Waals surface area contributed by atoms with Crippen molar-refractivity contribution < 1.29 is 0 Å². The van der Waals surface area contributed by atoms with Crippen LogP contribution in [0.1, 0.15) is 44.4 Å². The topological polar surface area (TPSA) is 6.48 Å². The Hall–Kier alpha value is -9.76. The van der Waals surface area contributed by atoms with E-state index in [4.69, 9.17) is 0 Å². The first kappa shape index (κ1) is 51.7. The Bertz CT molecular complexity index is 3800. The van der Waals surface area contributed by atoms with E-state index >= 15 is 0 Å². The van der Waals surface area contributed by atoms with Crippen molar-refractivity contribution >= 4 is 63.1 Å². The minimum atomic E-state index is 1.08. The zero-order chi connectivity index (χ0) is 53.5. The molecule has 0 saturated heterocycles. The second-order valence-corrected chi connectivity index (χ2v) is 18.8. The summed E-state index contributed by atoms with van der Waals surface area (Å²) in [6.45, 7) is 8.12. The molecular formula is C76H64N2. The van der Waals surface area contributed by atoms with Crippen LogP contribution in [0.3, 0.4) is 0 Å². The molecule has 0 aliphatic carbocycles. The highest BCUT2D eigenvalue weighted by molar-refractivity contribution is 6.18. The van der Waals surface area contributed by atoms with Gasteiger partial charge in [-0.2, -0.15) is 0 Å². The summed E-state index contributed by atoms with van der Waals surface area (Å²) in [5.74, 6) is 0. The SMILES string of the molecule is CC.C\C=C/C(/C=C/c1ccc(N(c2ccccc2)c2ccc(-c3c(-c4ccccc4)c(-c4ccccc4)c(-c4ccc(N(c5ccccc5)c5ccc(/C=C/c6ccccc6)cc5)cc4)c4ccccc34)cc2)cc1)=C\C. The Labute approximate surface area is 462 Å². The number of fused-ring (bicyclic) bond motifs is 1. The molecule has 0 amide bonds. The molecule has 11 aromatic rings. The number of benzene rings is 11.